The Hall–Kier alpha value is -0.640. The van der Waals surface area contributed by atoms with E-state index >= 15 is 0 Å². The van der Waals surface area contributed by atoms with Gasteiger partial charge < -0.3 is 4.52 Å². The molecule has 0 spiro atoms. The maximum Gasteiger partial charge on any atom is 0.314 e. The lowest BCUT2D eigenvalue weighted by molar-refractivity contribution is 0.400. The van der Waals surface area contributed by atoms with Gasteiger partial charge in [0.2, 0.25) is 0 Å². The summed E-state index contributed by atoms with van der Waals surface area (Å²) in [6, 6.07) is 0. The molecule has 1 aromatic rings. The molecule has 0 saturated heterocycles. The van der Waals surface area contributed by atoms with E-state index in [0.29, 0.717) is 5.82 Å². The molecule has 0 fully saturated rings. The fourth-order valence-corrected chi connectivity index (χ4v) is 0.479. The molecule has 1 aromatic heterocycles. The van der Waals surface area contributed by atoms with Crippen molar-refractivity contribution in [1.29, 1.82) is 0 Å². The molecule has 0 aliphatic carbocycles. The zero-order valence-electron chi connectivity index (χ0n) is 5.76. The molecular formula is C5H10N2OS. The van der Waals surface area contributed by atoms with Gasteiger partial charge in [-0.3, -0.25) is 0 Å². The summed E-state index contributed by atoms with van der Waals surface area (Å²) in [4.78, 5) is 3.97. The summed E-state index contributed by atoms with van der Waals surface area (Å²) in [5.74, 6) is 0.713. The van der Waals surface area contributed by atoms with Gasteiger partial charge in [0.15, 0.2) is 0 Å². The molecule has 0 aliphatic rings. The first-order valence-corrected chi connectivity index (χ1v) is 3.22. The third-order valence-electron chi connectivity index (χ3n) is 0.545. The van der Waals surface area contributed by atoms with Crippen molar-refractivity contribution in [2.75, 3.05) is 0 Å². The van der Waals surface area contributed by atoms with E-state index in [2.05, 4.69) is 26.9 Å². The summed E-state index contributed by atoms with van der Waals surface area (Å²) < 4.78 is 4.54. The molecule has 0 saturated carbocycles. The molecule has 52 valence electrons. The van der Waals surface area contributed by atoms with E-state index in [1.54, 1.807) is 6.92 Å². The van der Waals surface area contributed by atoms with E-state index in [0.717, 1.165) is 0 Å². The average molecular weight is 146 g/mol. The molecule has 0 radical (unpaired) electrons. The topological polar surface area (TPSA) is 41.8 Å². The van der Waals surface area contributed by atoms with Gasteiger partial charge in [-0.2, -0.15) is 4.98 Å². The molecule has 1 heterocycles. The lowest BCUT2D eigenvalue weighted by atomic mass is 10.8. The van der Waals surface area contributed by atoms with Crippen LogP contribution < -0.4 is 0 Å². The highest BCUT2D eigenvalue weighted by Gasteiger charge is 1.83. The first kappa shape index (κ1) is 8.36. The second-order valence-corrected chi connectivity index (χ2v) is 1.52. The van der Waals surface area contributed by atoms with Crippen molar-refractivity contribution in [3.63, 3.8) is 0 Å². The highest BCUT2D eigenvalue weighted by atomic mass is 32.1. The SMILES string of the molecule is CC.Cc1nc(=S)o[nH]1. The van der Waals surface area contributed by atoms with Crippen LogP contribution in [0.15, 0.2) is 4.52 Å². The molecule has 3 nitrogen and oxygen atoms in total. The monoisotopic (exact) mass is 146 g/mol. The van der Waals surface area contributed by atoms with Crippen LogP contribution in [0.1, 0.15) is 19.7 Å². The number of nitrogens with one attached hydrogen (secondary N) is 1. The number of hydrogen-bond acceptors (Lipinski definition) is 3. The number of aryl methyl sites for hydroxylation is 1. The van der Waals surface area contributed by atoms with E-state index in [9.17, 15) is 0 Å². The van der Waals surface area contributed by atoms with E-state index in [1.807, 2.05) is 13.8 Å². The van der Waals surface area contributed by atoms with Crippen LogP contribution in [0.4, 0.5) is 0 Å². The molecule has 0 aliphatic heterocycles. The molecule has 0 bridgehead atoms. The number of aromatic nitrogens is 2. The van der Waals surface area contributed by atoms with Gasteiger partial charge in [0, 0.05) is 0 Å². The number of hydrogen-bond donors (Lipinski definition) is 1. The van der Waals surface area contributed by atoms with Gasteiger partial charge in [-0.05, 0) is 19.1 Å². The van der Waals surface area contributed by atoms with Gasteiger partial charge in [0.05, 0.1) is 0 Å². The Bertz CT molecular complexity index is 203. The van der Waals surface area contributed by atoms with E-state index in [-0.39, 0.29) is 4.84 Å². The Balaban J connectivity index is 0.000000291. The van der Waals surface area contributed by atoms with Gasteiger partial charge in [-0.1, -0.05) is 13.8 Å². The highest BCUT2D eigenvalue weighted by molar-refractivity contribution is 7.71. The van der Waals surface area contributed by atoms with E-state index in [1.165, 1.54) is 0 Å². The third kappa shape index (κ3) is 3.03. The van der Waals surface area contributed by atoms with E-state index in [4.69, 9.17) is 0 Å². The smallest absolute Gasteiger partial charge is 0.314 e. The third-order valence-corrected chi connectivity index (χ3v) is 0.720. The van der Waals surface area contributed by atoms with Crippen LogP contribution in [0.5, 0.6) is 0 Å². The van der Waals surface area contributed by atoms with Crippen molar-refractivity contribution in [1.82, 2.24) is 10.1 Å². The summed E-state index contributed by atoms with van der Waals surface area (Å²) in [5, 5.41) is 2.48. The zero-order chi connectivity index (χ0) is 7.28. The average Bonchev–Trinajstić information content (AvgIpc) is 2.20. The van der Waals surface area contributed by atoms with Crippen LogP contribution >= 0.6 is 12.2 Å². The van der Waals surface area contributed by atoms with Crippen molar-refractivity contribution in [2.24, 2.45) is 0 Å². The lowest BCUT2D eigenvalue weighted by Gasteiger charge is -1.65. The lowest BCUT2D eigenvalue weighted by Crippen LogP contribution is -1.67. The summed E-state index contributed by atoms with van der Waals surface area (Å²) >= 11 is 4.52. The fraction of sp³-hybridized carbons (Fsp3) is 0.600. The van der Waals surface area contributed by atoms with Crippen molar-refractivity contribution in [3.05, 3.63) is 10.7 Å². The maximum absolute atomic E-state index is 4.54. The number of nitrogens with zero attached hydrogens (tertiary/aromatic N) is 1. The number of rotatable bonds is 0. The number of aromatic amines is 1. The molecule has 0 aromatic carbocycles. The quantitative estimate of drug-likeness (QED) is 0.570. The molecule has 1 rings (SSSR count). The molecule has 9 heavy (non-hydrogen) atoms. The summed E-state index contributed by atoms with van der Waals surface area (Å²) in [6.45, 7) is 5.78. The van der Waals surface area contributed by atoms with Crippen molar-refractivity contribution in [2.45, 2.75) is 20.8 Å². The van der Waals surface area contributed by atoms with Gasteiger partial charge in [0.25, 0.3) is 0 Å². The molecular weight excluding hydrogens is 136 g/mol. The second-order valence-electron chi connectivity index (χ2n) is 1.17. The second kappa shape index (κ2) is 4.26. The van der Waals surface area contributed by atoms with E-state index < -0.39 is 0 Å². The number of H-pyrrole nitrogens is 1. The van der Waals surface area contributed by atoms with Crippen LogP contribution in [-0.4, -0.2) is 10.1 Å². The van der Waals surface area contributed by atoms with Crippen LogP contribution in [0.25, 0.3) is 0 Å². The van der Waals surface area contributed by atoms with Crippen molar-refractivity contribution in [3.8, 4) is 0 Å². The van der Waals surface area contributed by atoms with Gasteiger partial charge >= 0.3 is 4.84 Å². The van der Waals surface area contributed by atoms with Crippen LogP contribution in [0.3, 0.4) is 0 Å². The minimum absolute atomic E-state index is 0.262. The minimum Gasteiger partial charge on any atom is -0.348 e. The predicted octanol–water partition coefficient (Wildman–Crippen LogP) is 2.07. The Morgan fingerprint density at radius 3 is 2.22 bits per heavy atom. The summed E-state index contributed by atoms with van der Waals surface area (Å²) in [7, 11) is 0. The Kier molecular flexibility index (Phi) is 3.96. The first-order chi connectivity index (χ1) is 4.29. The largest absolute Gasteiger partial charge is 0.348 e. The summed E-state index contributed by atoms with van der Waals surface area (Å²) in [5.41, 5.74) is 0. The molecule has 0 atom stereocenters. The zero-order valence-corrected chi connectivity index (χ0v) is 6.58. The van der Waals surface area contributed by atoms with Crippen LogP contribution in [-0.2, 0) is 0 Å². The van der Waals surface area contributed by atoms with Crippen LogP contribution in [0, 0.1) is 11.8 Å². The predicted molar refractivity (Wildman–Crippen MR) is 37.8 cm³/mol. The van der Waals surface area contributed by atoms with Crippen molar-refractivity contribution >= 4 is 12.2 Å². The van der Waals surface area contributed by atoms with Crippen LogP contribution in [0.2, 0.25) is 0 Å². The molecule has 0 unspecified atom stereocenters. The normalized spacial score (nSPS) is 7.89. The first-order valence-electron chi connectivity index (χ1n) is 2.81. The Morgan fingerprint density at radius 2 is 2.11 bits per heavy atom. The minimum atomic E-state index is 0.262. The Labute approximate surface area is 59.1 Å². The van der Waals surface area contributed by atoms with Gasteiger partial charge in [0.1, 0.15) is 5.82 Å². The summed E-state index contributed by atoms with van der Waals surface area (Å²) in [6.07, 6.45) is 0. The Morgan fingerprint density at radius 1 is 1.56 bits per heavy atom. The molecule has 0 amide bonds. The van der Waals surface area contributed by atoms with Gasteiger partial charge in [-0.25, -0.2) is 5.16 Å². The van der Waals surface area contributed by atoms with Gasteiger partial charge in [-0.15, -0.1) is 0 Å². The molecule has 4 heteroatoms. The van der Waals surface area contributed by atoms with Crippen molar-refractivity contribution < 1.29 is 4.52 Å². The highest BCUT2D eigenvalue weighted by Crippen LogP contribution is 1.84. The standard InChI is InChI=1S/C3H4N2OS.C2H6/c1-2-4-3(7)6-5-2;1-2/h1H3,(H,4,5,7);1-2H3. The molecule has 1 N–H and O–H groups in total. The maximum atomic E-state index is 4.54. The fourth-order valence-electron chi connectivity index (χ4n) is 0.300.